The predicted octanol–water partition coefficient (Wildman–Crippen LogP) is 3.29. The van der Waals surface area contributed by atoms with Gasteiger partial charge in [0.25, 0.3) is 0 Å². The molecule has 0 radical (unpaired) electrons. The molecule has 0 saturated carbocycles. The minimum absolute atomic E-state index is 0.205. The molecule has 0 aliphatic heterocycles. The molecule has 4 heteroatoms. The molecule has 1 atom stereocenters. The molecule has 116 valence electrons. The highest BCUT2D eigenvalue weighted by molar-refractivity contribution is 5.79. The van der Waals surface area contributed by atoms with Crippen LogP contribution in [0.5, 0.6) is 0 Å². The van der Waals surface area contributed by atoms with Crippen molar-refractivity contribution < 1.29 is 4.39 Å². The van der Waals surface area contributed by atoms with Crippen molar-refractivity contribution in [3.63, 3.8) is 0 Å². The second kappa shape index (κ2) is 8.17. The largest absolute Gasteiger partial charge is 0.356 e. The Balaban J connectivity index is 1.84. The second-order valence-electron chi connectivity index (χ2n) is 5.21. The molecule has 2 aromatic carbocycles. The standard InChI is InChI=1S/C18H22FN3/c1-14(15-8-4-3-5-9-15)12-21-18(20-2)22-13-16-10-6-7-11-17(16)19/h3-11,14H,12-13H2,1-2H3,(H2,20,21,22). The molecule has 0 fully saturated rings. The summed E-state index contributed by atoms with van der Waals surface area (Å²) >= 11 is 0. The predicted molar refractivity (Wildman–Crippen MR) is 89.5 cm³/mol. The molecule has 2 rings (SSSR count). The van der Waals surface area contributed by atoms with Crippen LogP contribution in [0.3, 0.4) is 0 Å². The first-order chi connectivity index (χ1) is 10.7. The lowest BCUT2D eigenvalue weighted by Gasteiger charge is -2.16. The van der Waals surface area contributed by atoms with Gasteiger partial charge in [-0.2, -0.15) is 0 Å². The molecular formula is C18H22FN3. The van der Waals surface area contributed by atoms with Gasteiger partial charge in [0.05, 0.1) is 0 Å². The van der Waals surface area contributed by atoms with Gasteiger partial charge in [0.1, 0.15) is 5.82 Å². The Morgan fingerprint density at radius 1 is 1.05 bits per heavy atom. The van der Waals surface area contributed by atoms with Crippen LogP contribution in [0.15, 0.2) is 59.6 Å². The fourth-order valence-electron chi connectivity index (χ4n) is 2.19. The number of nitrogens with zero attached hydrogens (tertiary/aromatic N) is 1. The van der Waals surface area contributed by atoms with Crippen LogP contribution in [-0.4, -0.2) is 19.6 Å². The second-order valence-corrected chi connectivity index (χ2v) is 5.21. The number of benzene rings is 2. The third-order valence-corrected chi connectivity index (χ3v) is 3.57. The van der Waals surface area contributed by atoms with E-state index in [2.05, 4.69) is 34.7 Å². The van der Waals surface area contributed by atoms with E-state index >= 15 is 0 Å². The van der Waals surface area contributed by atoms with Gasteiger partial charge in [-0.3, -0.25) is 4.99 Å². The van der Waals surface area contributed by atoms with Crippen LogP contribution in [0.4, 0.5) is 4.39 Å². The molecule has 22 heavy (non-hydrogen) atoms. The summed E-state index contributed by atoms with van der Waals surface area (Å²) in [5.74, 6) is 0.836. The summed E-state index contributed by atoms with van der Waals surface area (Å²) in [5.41, 5.74) is 1.90. The molecule has 0 bridgehead atoms. The van der Waals surface area contributed by atoms with Gasteiger partial charge in [-0.1, -0.05) is 55.5 Å². The third-order valence-electron chi connectivity index (χ3n) is 3.57. The van der Waals surface area contributed by atoms with Gasteiger partial charge in [-0.25, -0.2) is 4.39 Å². The van der Waals surface area contributed by atoms with Crippen molar-refractivity contribution in [1.29, 1.82) is 0 Å². The van der Waals surface area contributed by atoms with Gasteiger partial charge in [0, 0.05) is 25.7 Å². The molecule has 0 aliphatic rings. The van der Waals surface area contributed by atoms with Crippen molar-refractivity contribution in [2.24, 2.45) is 4.99 Å². The number of hydrogen-bond donors (Lipinski definition) is 2. The summed E-state index contributed by atoms with van der Waals surface area (Å²) in [6, 6.07) is 17.1. The monoisotopic (exact) mass is 299 g/mol. The number of guanidine groups is 1. The van der Waals surface area contributed by atoms with Gasteiger partial charge in [0.2, 0.25) is 0 Å². The topological polar surface area (TPSA) is 36.4 Å². The average molecular weight is 299 g/mol. The minimum Gasteiger partial charge on any atom is -0.356 e. The lowest BCUT2D eigenvalue weighted by Crippen LogP contribution is -2.38. The number of rotatable bonds is 5. The van der Waals surface area contributed by atoms with Crippen LogP contribution in [0, 0.1) is 5.82 Å². The molecule has 0 heterocycles. The van der Waals surface area contributed by atoms with Gasteiger partial charge >= 0.3 is 0 Å². The molecular weight excluding hydrogens is 277 g/mol. The summed E-state index contributed by atoms with van der Waals surface area (Å²) in [5, 5.41) is 6.41. The van der Waals surface area contributed by atoms with E-state index in [0.29, 0.717) is 24.0 Å². The van der Waals surface area contributed by atoms with Gasteiger partial charge in [-0.05, 0) is 17.5 Å². The summed E-state index contributed by atoms with van der Waals surface area (Å²) in [6.45, 7) is 3.33. The zero-order valence-electron chi connectivity index (χ0n) is 13.0. The summed E-state index contributed by atoms with van der Waals surface area (Å²) < 4.78 is 13.6. The van der Waals surface area contributed by atoms with Gasteiger partial charge in [-0.15, -0.1) is 0 Å². The zero-order valence-corrected chi connectivity index (χ0v) is 13.0. The molecule has 2 aromatic rings. The Bertz CT molecular complexity index is 611. The lowest BCUT2D eigenvalue weighted by molar-refractivity contribution is 0.604. The molecule has 2 N–H and O–H groups in total. The molecule has 0 amide bonds. The molecule has 0 saturated heterocycles. The summed E-state index contributed by atoms with van der Waals surface area (Å²) in [7, 11) is 1.71. The first-order valence-corrected chi connectivity index (χ1v) is 7.43. The van der Waals surface area contributed by atoms with Crippen LogP contribution in [-0.2, 0) is 6.54 Å². The van der Waals surface area contributed by atoms with Crippen LogP contribution in [0.2, 0.25) is 0 Å². The highest BCUT2D eigenvalue weighted by Crippen LogP contribution is 2.12. The smallest absolute Gasteiger partial charge is 0.191 e. The summed E-state index contributed by atoms with van der Waals surface area (Å²) in [4.78, 5) is 4.17. The zero-order chi connectivity index (χ0) is 15.8. The van der Waals surface area contributed by atoms with E-state index in [9.17, 15) is 4.39 Å². The maximum absolute atomic E-state index is 13.6. The number of hydrogen-bond acceptors (Lipinski definition) is 1. The Morgan fingerprint density at radius 2 is 1.73 bits per heavy atom. The van der Waals surface area contributed by atoms with E-state index < -0.39 is 0 Å². The molecule has 0 aliphatic carbocycles. The van der Waals surface area contributed by atoms with Crippen LogP contribution in [0.25, 0.3) is 0 Å². The van der Waals surface area contributed by atoms with Crippen LogP contribution >= 0.6 is 0 Å². The fourth-order valence-corrected chi connectivity index (χ4v) is 2.19. The summed E-state index contributed by atoms with van der Waals surface area (Å²) in [6.07, 6.45) is 0. The quantitative estimate of drug-likeness (QED) is 0.656. The van der Waals surface area contributed by atoms with Crippen molar-refractivity contribution in [2.45, 2.75) is 19.4 Å². The SMILES string of the molecule is CN=C(NCc1ccccc1F)NCC(C)c1ccccc1. The minimum atomic E-state index is -0.205. The van der Waals surface area contributed by atoms with E-state index in [1.807, 2.05) is 24.3 Å². The van der Waals surface area contributed by atoms with E-state index in [0.717, 1.165) is 6.54 Å². The Labute approximate surface area is 131 Å². The van der Waals surface area contributed by atoms with Crippen molar-refractivity contribution in [3.05, 3.63) is 71.5 Å². The fraction of sp³-hybridized carbons (Fsp3) is 0.278. The van der Waals surface area contributed by atoms with E-state index in [4.69, 9.17) is 0 Å². The third kappa shape index (κ3) is 4.58. The van der Waals surface area contributed by atoms with Crippen LogP contribution in [0.1, 0.15) is 24.0 Å². The normalized spacial score (nSPS) is 12.8. The lowest BCUT2D eigenvalue weighted by atomic mass is 10.0. The maximum atomic E-state index is 13.6. The Kier molecular flexibility index (Phi) is 5.95. The van der Waals surface area contributed by atoms with Gasteiger partial charge in [0.15, 0.2) is 5.96 Å². The molecule has 0 aromatic heterocycles. The Hall–Kier alpha value is -2.36. The van der Waals surface area contributed by atoms with E-state index in [-0.39, 0.29) is 5.82 Å². The number of halogens is 1. The molecule has 1 unspecified atom stereocenters. The van der Waals surface area contributed by atoms with Crippen molar-refractivity contribution in [2.75, 3.05) is 13.6 Å². The highest BCUT2D eigenvalue weighted by atomic mass is 19.1. The van der Waals surface area contributed by atoms with Gasteiger partial charge < -0.3 is 10.6 Å². The Morgan fingerprint density at radius 3 is 2.41 bits per heavy atom. The van der Waals surface area contributed by atoms with E-state index in [1.54, 1.807) is 19.2 Å². The number of nitrogens with one attached hydrogen (secondary N) is 2. The first kappa shape index (κ1) is 16.0. The van der Waals surface area contributed by atoms with Crippen LogP contribution < -0.4 is 10.6 Å². The van der Waals surface area contributed by atoms with Crippen molar-refractivity contribution in [3.8, 4) is 0 Å². The molecule has 3 nitrogen and oxygen atoms in total. The van der Waals surface area contributed by atoms with Crippen molar-refractivity contribution in [1.82, 2.24) is 10.6 Å². The first-order valence-electron chi connectivity index (χ1n) is 7.43. The molecule has 0 spiro atoms. The average Bonchev–Trinajstić information content (AvgIpc) is 2.57. The van der Waals surface area contributed by atoms with E-state index in [1.165, 1.54) is 11.6 Å². The maximum Gasteiger partial charge on any atom is 0.191 e. The highest BCUT2D eigenvalue weighted by Gasteiger charge is 2.07. The number of aliphatic imine (C=N–C) groups is 1. The van der Waals surface area contributed by atoms with Crippen molar-refractivity contribution >= 4 is 5.96 Å².